The first-order valence-corrected chi connectivity index (χ1v) is 21.4. The molecule has 0 amide bonds. The van der Waals surface area contributed by atoms with Gasteiger partial charge in [0, 0.05) is 61.9 Å². The lowest BCUT2D eigenvalue weighted by molar-refractivity contribution is -0.169. The number of carbonyl (C=O) groups is 8. The third-order valence-corrected chi connectivity index (χ3v) is 10.00. The van der Waals surface area contributed by atoms with Crippen molar-refractivity contribution in [1.82, 2.24) is 0 Å². The van der Waals surface area contributed by atoms with Gasteiger partial charge >= 0.3 is 47.8 Å². The molecule has 0 saturated heterocycles. The number of hydrogen-bond donors (Lipinski definition) is 2. The van der Waals surface area contributed by atoms with Crippen LogP contribution in [0.5, 0.6) is 17.2 Å². The molecule has 3 aromatic carbocycles. The third kappa shape index (κ3) is 15.1. The Morgan fingerprint density at radius 1 is 0.630 bits per heavy atom. The van der Waals surface area contributed by atoms with Crippen molar-refractivity contribution in [3.8, 4) is 39.7 Å². The number of hydrogen-bond acceptors (Lipinski definition) is 22. The number of ether oxygens (including phenoxy) is 10. The molecule has 0 saturated carbocycles. The topological polar surface area (TPSA) is 309 Å². The number of aryl methyl sites for hydroxylation is 1. The summed E-state index contributed by atoms with van der Waals surface area (Å²) in [6.45, 7) is 0.804. The van der Waals surface area contributed by atoms with Gasteiger partial charge in [-0.15, -0.1) is 0 Å². The van der Waals surface area contributed by atoms with Crippen LogP contribution in [-0.2, 0) is 77.1 Å². The number of benzene rings is 4. The molecule has 1 heterocycles. The summed E-state index contributed by atoms with van der Waals surface area (Å²) in [6, 6.07) is 12.0. The summed E-state index contributed by atoms with van der Waals surface area (Å²) < 4.78 is 87.8. The summed E-state index contributed by atoms with van der Waals surface area (Å²) >= 11 is 0. The Bertz CT molecular complexity index is 2920. The van der Waals surface area contributed by atoms with E-state index in [9.17, 15) is 48.3 Å². The summed E-state index contributed by atoms with van der Waals surface area (Å²) in [4.78, 5) is 111. The minimum Gasteiger partial charge on any atom is -0.490 e. The summed E-state index contributed by atoms with van der Waals surface area (Å²) in [5.41, 5.74) is 3.00. The van der Waals surface area contributed by atoms with Gasteiger partial charge in [-0.3, -0.25) is 38.4 Å². The highest BCUT2D eigenvalue weighted by atomic mass is 19.1. The molecule has 0 radical (unpaired) electrons. The Kier molecular flexibility index (Phi) is 18.7. The maximum atomic E-state index is 15.7. The Morgan fingerprint density at radius 2 is 1.19 bits per heavy atom. The summed E-state index contributed by atoms with van der Waals surface area (Å²) in [5, 5.41) is 10.5. The third-order valence-electron chi connectivity index (χ3n) is 10.00. The van der Waals surface area contributed by atoms with Gasteiger partial charge in [-0.25, -0.2) is 13.6 Å². The van der Waals surface area contributed by atoms with Gasteiger partial charge in [0.15, 0.2) is 22.9 Å². The van der Waals surface area contributed by atoms with E-state index in [-0.39, 0.29) is 56.2 Å². The van der Waals surface area contributed by atoms with Crippen LogP contribution >= 0.6 is 0 Å². The van der Waals surface area contributed by atoms with Crippen LogP contribution in [-0.4, -0.2) is 106 Å². The summed E-state index contributed by atoms with van der Waals surface area (Å²) in [5.74, 6) is -11.1. The van der Waals surface area contributed by atoms with Crippen LogP contribution in [0.15, 0.2) is 69.9 Å². The van der Waals surface area contributed by atoms with Crippen LogP contribution in [0, 0.1) is 18.6 Å². The van der Waals surface area contributed by atoms with E-state index in [1.807, 2.05) is 0 Å². The number of nitrogens with zero attached hydrogens (tertiary/aromatic N) is 1. The van der Waals surface area contributed by atoms with E-state index < -0.39 is 136 Å². The second kappa shape index (κ2) is 24.8. The average molecular weight is 1020 g/mol. The SMILES string of the molecule is CC(=O)OCOC(=O)CN(CC(=O)OCOC(C)=O)c1ccc(C)cc1OCCOc1cc(-c2c3cc(F)c(=O)cc-3oc3cc(OCOC(C)=O)c(F)cc23)ccc1C(N)(CC(=O)OCOC(C)=O)C(=O)O. The highest BCUT2D eigenvalue weighted by Crippen LogP contribution is 2.44. The van der Waals surface area contributed by atoms with Crippen molar-refractivity contribution in [2.45, 2.75) is 46.6 Å². The number of rotatable bonds is 24. The molecule has 25 heteroatoms. The van der Waals surface area contributed by atoms with Gasteiger partial charge in [-0.05, 0) is 48.4 Å². The smallest absolute Gasteiger partial charge is 0.329 e. The lowest BCUT2D eigenvalue weighted by Crippen LogP contribution is -2.47. The van der Waals surface area contributed by atoms with Crippen LogP contribution in [0.3, 0.4) is 0 Å². The Balaban J connectivity index is 1.58. The van der Waals surface area contributed by atoms with Crippen LogP contribution < -0.4 is 30.3 Å². The minimum atomic E-state index is -2.65. The van der Waals surface area contributed by atoms with Crippen molar-refractivity contribution >= 4 is 64.4 Å². The number of esters is 7. The average Bonchev–Trinajstić information content (AvgIpc) is 3.29. The van der Waals surface area contributed by atoms with Gasteiger partial charge in [-0.2, -0.15) is 0 Å². The van der Waals surface area contributed by atoms with E-state index in [0.717, 1.165) is 58.0 Å². The Hall–Kier alpha value is -8.87. The first kappa shape index (κ1) is 55.1. The fourth-order valence-electron chi connectivity index (χ4n) is 6.69. The molecule has 73 heavy (non-hydrogen) atoms. The van der Waals surface area contributed by atoms with Crippen molar-refractivity contribution < 1.29 is 104 Å². The number of anilines is 1. The molecule has 0 spiro atoms. The molecular formula is C48H46F2N2O21. The Labute approximate surface area is 411 Å². The van der Waals surface area contributed by atoms with Gasteiger partial charge < -0.3 is 67.5 Å². The van der Waals surface area contributed by atoms with E-state index in [1.165, 1.54) is 29.2 Å². The molecule has 0 aromatic heterocycles. The van der Waals surface area contributed by atoms with Crippen LogP contribution in [0.25, 0.3) is 33.4 Å². The monoisotopic (exact) mass is 1020 g/mol. The van der Waals surface area contributed by atoms with Gasteiger partial charge in [-0.1, -0.05) is 18.2 Å². The molecule has 3 aromatic rings. The predicted molar refractivity (Wildman–Crippen MR) is 242 cm³/mol. The predicted octanol–water partition coefficient (Wildman–Crippen LogP) is 4.14. The van der Waals surface area contributed by atoms with Crippen molar-refractivity contribution in [3.63, 3.8) is 0 Å². The van der Waals surface area contributed by atoms with E-state index in [1.54, 1.807) is 13.0 Å². The van der Waals surface area contributed by atoms with E-state index in [4.69, 9.17) is 43.3 Å². The second-order valence-electron chi connectivity index (χ2n) is 15.4. The van der Waals surface area contributed by atoms with E-state index >= 15 is 8.78 Å². The number of nitrogens with two attached hydrogens (primary N) is 1. The van der Waals surface area contributed by atoms with Gasteiger partial charge in [0.1, 0.15) is 49.1 Å². The van der Waals surface area contributed by atoms with Crippen LogP contribution in [0.1, 0.15) is 45.2 Å². The normalized spacial score (nSPS) is 11.6. The molecule has 2 aliphatic rings. The first-order valence-electron chi connectivity index (χ1n) is 21.4. The first-order chi connectivity index (χ1) is 34.6. The van der Waals surface area contributed by atoms with Crippen molar-refractivity contribution in [2.24, 2.45) is 5.73 Å². The van der Waals surface area contributed by atoms with E-state index in [2.05, 4.69) is 14.2 Å². The molecule has 1 aliphatic carbocycles. The van der Waals surface area contributed by atoms with Crippen molar-refractivity contribution in [2.75, 3.05) is 58.4 Å². The van der Waals surface area contributed by atoms with Crippen molar-refractivity contribution in [1.29, 1.82) is 0 Å². The van der Waals surface area contributed by atoms with Gasteiger partial charge in [0.25, 0.3) is 0 Å². The number of carboxylic acids is 1. The molecule has 388 valence electrons. The zero-order chi connectivity index (χ0) is 53.6. The lowest BCUT2D eigenvalue weighted by Gasteiger charge is -2.27. The van der Waals surface area contributed by atoms with Crippen LogP contribution in [0.2, 0.25) is 0 Å². The molecule has 23 nitrogen and oxygen atoms in total. The number of fused-ring (bicyclic) bond motifs is 2. The largest absolute Gasteiger partial charge is 0.490 e. The van der Waals surface area contributed by atoms with Gasteiger partial charge in [0.05, 0.1) is 12.1 Å². The molecular weight excluding hydrogens is 979 g/mol. The molecule has 3 N–H and O–H groups in total. The molecule has 1 unspecified atom stereocenters. The zero-order valence-corrected chi connectivity index (χ0v) is 39.5. The maximum Gasteiger partial charge on any atom is 0.329 e. The highest BCUT2D eigenvalue weighted by Gasteiger charge is 2.42. The summed E-state index contributed by atoms with van der Waals surface area (Å²) in [6.07, 6.45) is -1.07. The van der Waals surface area contributed by atoms with E-state index in [0.29, 0.717) is 5.56 Å². The number of aliphatic carboxylic acids is 1. The fraction of sp³-hybridized carbons (Fsp3) is 0.312. The maximum absolute atomic E-state index is 15.7. The Morgan fingerprint density at radius 3 is 1.77 bits per heavy atom. The number of carboxylic acid groups (broad SMARTS) is 1. The molecule has 1 aliphatic heterocycles. The minimum absolute atomic E-state index is 0.00855. The van der Waals surface area contributed by atoms with Crippen LogP contribution in [0.4, 0.5) is 14.5 Å². The number of carbonyl (C=O) groups excluding carboxylic acids is 7. The molecule has 0 bridgehead atoms. The molecule has 5 rings (SSSR count). The molecule has 0 fully saturated rings. The quantitative estimate of drug-likeness (QED) is 0.0288. The summed E-state index contributed by atoms with van der Waals surface area (Å²) in [7, 11) is 0. The zero-order valence-electron chi connectivity index (χ0n) is 39.5. The van der Waals surface area contributed by atoms with Gasteiger partial charge in [0.2, 0.25) is 32.6 Å². The standard InChI is InChI=1S/C48H46F2N2O21/c1-25-6-9-36(52(19-44(59)71-23-67-28(4)55)20-45(60)72-24-68-29(5)56)42(12-25)64-11-10-63-40-13-30(7-8-33(40)48(51,47(61)62)18-43(58)70-22-66-27(3)54)46-31-14-34(49)37(57)16-38(31)73-39-17-41(35(50)15-32(39)46)69-21-65-26(2)53/h6-9,12-17H,10-11,18-24,51H2,1-5H3,(H,61,62). The molecule has 1 atom stereocenters. The highest BCUT2D eigenvalue weighted by molar-refractivity contribution is 6.02. The lowest BCUT2D eigenvalue weighted by atomic mass is 9.85. The van der Waals surface area contributed by atoms with Crippen molar-refractivity contribution in [3.05, 3.63) is 93.6 Å². The number of halogens is 2. The fourth-order valence-corrected chi connectivity index (χ4v) is 6.69. The second-order valence-corrected chi connectivity index (χ2v) is 15.4.